The van der Waals surface area contributed by atoms with Gasteiger partial charge in [0, 0.05) is 25.8 Å². The number of nitrogens with zero attached hydrogens (tertiary/aromatic N) is 3. The van der Waals surface area contributed by atoms with Crippen LogP contribution < -0.4 is 10.1 Å². The molecule has 1 unspecified atom stereocenters. The third-order valence-corrected chi connectivity index (χ3v) is 8.26. The molecule has 4 heteroatoms. The van der Waals surface area contributed by atoms with E-state index in [1.165, 1.54) is 21.8 Å². The van der Waals surface area contributed by atoms with Crippen molar-refractivity contribution in [1.82, 2.24) is 4.90 Å². The molecule has 0 saturated heterocycles. The summed E-state index contributed by atoms with van der Waals surface area (Å²) in [5.74, 6) is 0. The van der Waals surface area contributed by atoms with E-state index in [2.05, 4.69) is 87.5 Å². The van der Waals surface area contributed by atoms with Crippen molar-refractivity contribution in [1.29, 1.82) is 0 Å². The number of hydrogen-bond donors (Lipinski definition) is 0. The monoisotopic (exact) mass is 311 g/mol. The molecule has 1 atom stereocenters. The van der Waals surface area contributed by atoms with Crippen molar-refractivity contribution in [3.8, 4) is 0 Å². The van der Waals surface area contributed by atoms with Gasteiger partial charge in [0.25, 0.3) is 0 Å². The van der Waals surface area contributed by atoms with Gasteiger partial charge in [-0.05, 0) is 48.8 Å². The summed E-state index contributed by atoms with van der Waals surface area (Å²) >= 11 is 0. The van der Waals surface area contributed by atoms with Crippen LogP contribution in [0.15, 0.2) is 46.6 Å². The first-order valence-corrected chi connectivity index (χ1v) is 10.8. The summed E-state index contributed by atoms with van der Waals surface area (Å²) in [6, 6.07) is 7.05. The van der Waals surface area contributed by atoms with E-state index in [1.807, 2.05) is 0 Å². The molecular formula is C18H25N3Si. The lowest BCUT2D eigenvalue weighted by Gasteiger charge is -2.36. The zero-order chi connectivity index (χ0) is 16.1. The van der Waals surface area contributed by atoms with Gasteiger partial charge in [-0.15, -0.1) is 0 Å². The molecule has 1 aromatic rings. The second kappa shape index (κ2) is 5.21. The van der Waals surface area contributed by atoms with Crippen molar-refractivity contribution in [2.24, 2.45) is 4.99 Å². The maximum absolute atomic E-state index is 4.92. The van der Waals surface area contributed by atoms with Crippen LogP contribution in [0.3, 0.4) is 0 Å². The SMILES string of the molecule is CN(C)c1ccc2c(c1)[Si](C)(C)C1=CC(N(C)C)C=CC1=N2. The second-order valence-corrected chi connectivity index (χ2v) is 11.4. The van der Waals surface area contributed by atoms with E-state index in [1.54, 1.807) is 0 Å². The smallest absolute Gasteiger partial charge is 0.117 e. The summed E-state index contributed by atoms with van der Waals surface area (Å²) < 4.78 is 0. The topological polar surface area (TPSA) is 18.8 Å². The molecule has 1 aliphatic heterocycles. The number of allylic oxidation sites excluding steroid dienone is 2. The summed E-state index contributed by atoms with van der Waals surface area (Å²) in [5.41, 5.74) is 3.58. The van der Waals surface area contributed by atoms with Crippen LogP contribution in [0, 0.1) is 0 Å². The van der Waals surface area contributed by atoms with Gasteiger partial charge in [0.1, 0.15) is 8.07 Å². The second-order valence-electron chi connectivity index (χ2n) is 7.11. The van der Waals surface area contributed by atoms with Crippen LogP contribution in [-0.2, 0) is 0 Å². The minimum atomic E-state index is -1.71. The number of aliphatic imine (C=N–C) groups is 1. The van der Waals surface area contributed by atoms with Gasteiger partial charge >= 0.3 is 0 Å². The van der Waals surface area contributed by atoms with Crippen LogP contribution >= 0.6 is 0 Å². The Morgan fingerprint density at radius 3 is 2.45 bits per heavy atom. The summed E-state index contributed by atoms with van der Waals surface area (Å²) in [4.78, 5) is 9.33. The third-order valence-electron chi connectivity index (χ3n) is 4.75. The van der Waals surface area contributed by atoms with Crippen LogP contribution in [0.2, 0.25) is 13.1 Å². The van der Waals surface area contributed by atoms with E-state index < -0.39 is 8.07 Å². The molecule has 0 amide bonds. The van der Waals surface area contributed by atoms with Crippen LogP contribution in [0.25, 0.3) is 0 Å². The molecule has 0 radical (unpaired) electrons. The summed E-state index contributed by atoms with van der Waals surface area (Å²) in [6.07, 6.45) is 6.86. The summed E-state index contributed by atoms with van der Waals surface area (Å²) in [6.45, 7) is 4.88. The third kappa shape index (κ3) is 2.36. The molecule has 0 spiro atoms. The molecule has 0 fully saturated rings. The number of anilines is 1. The number of hydrogen-bond acceptors (Lipinski definition) is 3. The normalized spacial score (nSPS) is 21.9. The molecule has 1 aromatic carbocycles. The van der Waals surface area contributed by atoms with Gasteiger partial charge in [-0.25, -0.2) is 4.99 Å². The average Bonchev–Trinajstić information content (AvgIpc) is 2.46. The van der Waals surface area contributed by atoms with Gasteiger partial charge < -0.3 is 4.90 Å². The highest BCUT2D eigenvalue weighted by Gasteiger charge is 2.38. The zero-order valence-electron chi connectivity index (χ0n) is 14.4. The highest BCUT2D eigenvalue weighted by Crippen LogP contribution is 2.32. The van der Waals surface area contributed by atoms with Gasteiger partial charge in [0.15, 0.2) is 0 Å². The first-order chi connectivity index (χ1) is 10.3. The van der Waals surface area contributed by atoms with E-state index in [9.17, 15) is 0 Å². The molecule has 22 heavy (non-hydrogen) atoms. The highest BCUT2D eigenvalue weighted by atomic mass is 28.3. The van der Waals surface area contributed by atoms with Crippen molar-refractivity contribution in [2.45, 2.75) is 19.1 Å². The fourth-order valence-electron chi connectivity index (χ4n) is 3.21. The quantitative estimate of drug-likeness (QED) is 0.782. The molecule has 1 heterocycles. The molecular weight excluding hydrogens is 286 g/mol. The van der Waals surface area contributed by atoms with E-state index in [0.717, 1.165) is 5.69 Å². The molecule has 3 nitrogen and oxygen atoms in total. The molecule has 0 bridgehead atoms. The number of likely N-dealkylation sites (N-methyl/N-ethyl adjacent to an activating group) is 1. The minimum absolute atomic E-state index is 0.374. The fraction of sp³-hybridized carbons (Fsp3) is 0.389. The van der Waals surface area contributed by atoms with Crippen LogP contribution in [-0.4, -0.2) is 52.9 Å². The average molecular weight is 312 g/mol. The first-order valence-electron chi connectivity index (χ1n) is 7.78. The van der Waals surface area contributed by atoms with E-state index >= 15 is 0 Å². The molecule has 1 aliphatic carbocycles. The Kier molecular flexibility index (Phi) is 3.61. The van der Waals surface area contributed by atoms with Crippen molar-refractivity contribution >= 4 is 30.3 Å². The van der Waals surface area contributed by atoms with Crippen molar-refractivity contribution in [3.05, 3.63) is 41.6 Å². The molecule has 2 aliphatic rings. The lowest BCUT2D eigenvalue weighted by molar-refractivity contribution is 0.391. The number of benzene rings is 1. The Bertz CT molecular complexity index is 696. The van der Waals surface area contributed by atoms with E-state index in [-0.39, 0.29) is 0 Å². The fourth-order valence-corrected chi connectivity index (χ4v) is 6.16. The molecule has 3 rings (SSSR count). The maximum Gasteiger partial charge on any atom is 0.117 e. The lowest BCUT2D eigenvalue weighted by Crippen LogP contribution is -2.50. The van der Waals surface area contributed by atoms with Gasteiger partial charge in [-0.3, -0.25) is 4.90 Å². The Morgan fingerprint density at radius 2 is 1.82 bits per heavy atom. The Morgan fingerprint density at radius 1 is 1.09 bits per heavy atom. The number of rotatable bonds is 2. The molecule has 0 N–H and O–H groups in total. The molecule has 116 valence electrons. The highest BCUT2D eigenvalue weighted by molar-refractivity contribution is 7.00. The predicted octanol–water partition coefficient (Wildman–Crippen LogP) is 2.72. The standard InChI is InChI=1S/C18H25N3Si/c1-20(2)13-7-9-15-17(11-13)22(5,6)18-12-14(21(3)4)8-10-16(18)19-15/h7-13H,1-6H3. The Labute approximate surface area is 134 Å². The van der Waals surface area contributed by atoms with Gasteiger partial charge in [-0.1, -0.05) is 25.2 Å². The Hall–Kier alpha value is -1.65. The van der Waals surface area contributed by atoms with Crippen LogP contribution in [0.5, 0.6) is 0 Å². The van der Waals surface area contributed by atoms with Crippen LogP contribution in [0.1, 0.15) is 0 Å². The van der Waals surface area contributed by atoms with E-state index in [0.29, 0.717) is 6.04 Å². The van der Waals surface area contributed by atoms with Gasteiger partial charge in [0.05, 0.1) is 11.4 Å². The van der Waals surface area contributed by atoms with Crippen molar-refractivity contribution < 1.29 is 0 Å². The van der Waals surface area contributed by atoms with Crippen LogP contribution in [0.4, 0.5) is 11.4 Å². The largest absolute Gasteiger partial charge is 0.378 e. The van der Waals surface area contributed by atoms with Gasteiger partial charge in [-0.2, -0.15) is 0 Å². The Balaban J connectivity index is 2.15. The summed E-state index contributed by atoms with van der Waals surface area (Å²) in [7, 11) is 6.74. The molecule has 0 saturated carbocycles. The molecule has 0 aromatic heterocycles. The maximum atomic E-state index is 4.92. The number of fused-ring (bicyclic) bond motifs is 2. The van der Waals surface area contributed by atoms with Crippen molar-refractivity contribution in [3.63, 3.8) is 0 Å². The van der Waals surface area contributed by atoms with Crippen molar-refractivity contribution in [2.75, 3.05) is 33.1 Å². The predicted molar refractivity (Wildman–Crippen MR) is 99.7 cm³/mol. The minimum Gasteiger partial charge on any atom is -0.378 e. The summed E-state index contributed by atoms with van der Waals surface area (Å²) in [5, 5.41) is 2.92. The van der Waals surface area contributed by atoms with Gasteiger partial charge in [0.2, 0.25) is 0 Å². The first kappa shape index (κ1) is 15.3. The zero-order valence-corrected chi connectivity index (χ0v) is 15.4. The van der Waals surface area contributed by atoms with E-state index in [4.69, 9.17) is 4.99 Å². The lowest BCUT2D eigenvalue weighted by atomic mass is 10.1.